The van der Waals surface area contributed by atoms with Gasteiger partial charge < -0.3 is 0 Å². The Morgan fingerprint density at radius 3 is 2.56 bits per heavy atom. The molecule has 1 aliphatic rings. The molecule has 0 radical (unpaired) electrons. The number of hydrogen-bond donors (Lipinski definition) is 0. The highest BCUT2D eigenvalue weighted by atomic mass is 19.1. The number of allylic oxidation sites excluding steroid dienone is 3. The van der Waals surface area contributed by atoms with E-state index in [4.69, 9.17) is 4.99 Å². The Hall–Kier alpha value is -1.70. The van der Waals surface area contributed by atoms with E-state index in [0.717, 1.165) is 53.8 Å². The van der Waals surface area contributed by atoms with E-state index in [-0.39, 0.29) is 5.82 Å². The minimum absolute atomic E-state index is 0.0665. The highest BCUT2D eigenvalue weighted by Crippen LogP contribution is 2.29. The van der Waals surface area contributed by atoms with Gasteiger partial charge in [-0.15, -0.1) is 0 Å². The van der Waals surface area contributed by atoms with Crippen molar-refractivity contribution in [2.75, 3.05) is 0 Å². The second kappa shape index (κ2) is 9.12. The van der Waals surface area contributed by atoms with E-state index in [2.05, 4.69) is 39.8 Å². The second-order valence-corrected chi connectivity index (χ2v) is 7.22. The van der Waals surface area contributed by atoms with Gasteiger partial charge in [-0.25, -0.2) is 4.39 Å². The van der Waals surface area contributed by atoms with E-state index in [1.165, 1.54) is 30.4 Å². The summed E-state index contributed by atoms with van der Waals surface area (Å²) in [5.41, 5.74) is 7.81. The number of nitrogens with zero attached hydrogens (tertiary/aromatic N) is 1. The van der Waals surface area contributed by atoms with Crippen molar-refractivity contribution >= 4 is 11.8 Å². The van der Waals surface area contributed by atoms with Crippen LogP contribution in [0.15, 0.2) is 34.0 Å². The van der Waals surface area contributed by atoms with Crippen LogP contribution in [0, 0.1) is 12.7 Å². The van der Waals surface area contributed by atoms with Crippen LogP contribution >= 0.6 is 0 Å². The van der Waals surface area contributed by atoms with Gasteiger partial charge in [0.25, 0.3) is 0 Å². The van der Waals surface area contributed by atoms with Gasteiger partial charge in [0.05, 0.1) is 0 Å². The zero-order valence-electron chi connectivity index (χ0n) is 16.5. The Morgan fingerprint density at radius 2 is 1.88 bits per heavy atom. The summed E-state index contributed by atoms with van der Waals surface area (Å²) in [7, 11) is 0. The summed E-state index contributed by atoms with van der Waals surface area (Å²) in [6, 6.07) is 3.72. The van der Waals surface area contributed by atoms with Crippen molar-refractivity contribution in [3.8, 4) is 0 Å². The van der Waals surface area contributed by atoms with Crippen molar-refractivity contribution in [2.24, 2.45) is 4.99 Å². The minimum Gasteiger partial charge on any atom is -0.258 e. The van der Waals surface area contributed by atoms with Crippen molar-refractivity contribution in [1.29, 1.82) is 0 Å². The number of aliphatic imine (C=N–C) groups is 1. The number of rotatable bonds is 7. The lowest BCUT2D eigenvalue weighted by molar-refractivity contribution is 0.606. The summed E-state index contributed by atoms with van der Waals surface area (Å²) in [4.78, 5) is 4.95. The molecule has 0 saturated carbocycles. The zero-order valence-corrected chi connectivity index (χ0v) is 16.5. The first-order chi connectivity index (χ1) is 12.0. The topological polar surface area (TPSA) is 12.4 Å². The lowest BCUT2D eigenvalue weighted by Crippen LogP contribution is -2.10. The fourth-order valence-corrected chi connectivity index (χ4v) is 3.44. The van der Waals surface area contributed by atoms with Crippen LogP contribution in [0.1, 0.15) is 82.9 Å². The van der Waals surface area contributed by atoms with E-state index in [9.17, 15) is 4.39 Å². The number of aryl methyl sites for hydroxylation is 1. The zero-order chi connectivity index (χ0) is 18.4. The number of hydrogen-bond acceptors (Lipinski definition) is 1. The van der Waals surface area contributed by atoms with Gasteiger partial charge >= 0.3 is 0 Å². The van der Waals surface area contributed by atoms with Crippen molar-refractivity contribution in [3.05, 3.63) is 51.5 Å². The lowest BCUT2D eigenvalue weighted by Gasteiger charge is -2.19. The third kappa shape index (κ3) is 5.14. The van der Waals surface area contributed by atoms with Crippen LogP contribution in [-0.4, -0.2) is 5.71 Å². The van der Waals surface area contributed by atoms with Crippen LogP contribution in [0.4, 0.5) is 4.39 Å². The van der Waals surface area contributed by atoms with Crippen LogP contribution in [0.5, 0.6) is 0 Å². The van der Waals surface area contributed by atoms with E-state index in [1.54, 1.807) is 6.07 Å². The predicted octanol–water partition coefficient (Wildman–Crippen LogP) is 7.19. The number of halogens is 1. The molecule has 0 amide bonds. The minimum atomic E-state index is -0.0665. The molecule has 0 fully saturated rings. The second-order valence-electron chi connectivity index (χ2n) is 7.22. The van der Waals surface area contributed by atoms with Crippen LogP contribution in [0.25, 0.3) is 6.08 Å². The van der Waals surface area contributed by atoms with Crippen molar-refractivity contribution in [3.63, 3.8) is 0 Å². The first-order valence-corrected chi connectivity index (χ1v) is 9.70. The Kier molecular flexibility index (Phi) is 7.16. The van der Waals surface area contributed by atoms with E-state index in [0.29, 0.717) is 0 Å². The molecule has 0 atom stereocenters. The smallest absolute Gasteiger partial charge is 0.127 e. The quantitative estimate of drug-likeness (QED) is 0.367. The Bertz CT molecular complexity index is 707. The summed E-state index contributed by atoms with van der Waals surface area (Å²) >= 11 is 0. The fraction of sp³-hybridized carbons (Fsp3) is 0.522. The first-order valence-electron chi connectivity index (χ1n) is 9.70. The maximum absolute atomic E-state index is 14.1. The van der Waals surface area contributed by atoms with Gasteiger partial charge in [-0.1, -0.05) is 38.3 Å². The highest BCUT2D eigenvalue weighted by molar-refractivity contribution is 6.04. The predicted molar refractivity (Wildman–Crippen MR) is 108 cm³/mol. The maximum atomic E-state index is 14.1. The molecule has 0 aromatic heterocycles. The molecule has 0 saturated heterocycles. The molecule has 0 bridgehead atoms. The van der Waals surface area contributed by atoms with Gasteiger partial charge in [0.2, 0.25) is 0 Å². The Morgan fingerprint density at radius 1 is 1.12 bits per heavy atom. The van der Waals surface area contributed by atoms with Crippen LogP contribution < -0.4 is 0 Å². The Balaban J connectivity index is 2.28. The largest absolute Gasteiger partial charge is 0.258 e. The molecule has 1 aromatic carbocycles. The standard InChI is InChI=1S/C23H32FN/c1-6-8-9-10-17(4)18(5)25-23(7-2)19-11-12-21-20(15-19)13-16(3)14-22(21)24/h13-15H,6-12H2,1-5H3/b18-17+,25-23+. The molecule has 25 heavy (non-hydrogen) atoms. The fourth-order valence-electron chi connectivity index (χ4n) is 3.44. The van der Waals surface area contributed by atoms with E-state index in [1.807, 2.05) is 6.92 Å². The van der Waals surface area contributed by atoms with Gasteiger partial charge in [0, 0.05) is 11.4 Å². The molecule has 0 spiro atoms. The van der Waals surface area contributed by atoms with Gasteiger partial charge in [-0.2, -0.15) is 0 Å². The van der Waals surface area contributed by atoms with Gasteiger partial charge in [-0.3, -0.25) is 4.99 Å². The lowest BCUT2D eigenvalue weighted by atomic mass is 9.88. The van der Waals surface area contributed by atoms with Crippen LogP contribution in [0.2, 0.25) is 0 Å². The average molecular weight is 342 g/mol. The molecular formula is C23H32FN. The third-order valence-corrected chi connectivity index (χ3v) is 5.13. The molecule has 136 valence electrons. The molecule has 1 aliphatic carbocycles. The van der Waals surface area contributed by atoms with E-state index < -0.39 is 0 Å². The monoisotopic (exact) mass is 341 g/mol. The molecule has 1 nitrogen and oxygen atoms in total. The summed E-state index contributed by atoms with van der Waals surface area (Å²) in [5.74, 6) is -0.0665. The summed E-state index contributed by atoms with van der Waals surface area (Å²) in [6.07, 6.45) is 9.61. The molecule has 0 heterocycles. The first kappa shape index (κ1) is 19.6. The van der Waals surface area contributed by atoms with Crippen molar-refractivity contribution in [1.82, 2.24) is 0 Å². The van der Waals surface area contributed by atoms with Crippen molar-refractivity contribution in [2.45, 2.75) is 79.6 Å². The van der Waals surface area contributed by atoms with Gasteiger partial charge in [0.1, 0.15) is 5.82 Å². The number of unbranched alkanes of at least 4 members (excludes halogenated alkanes) is 2. The summed E-state index contributed by atoms with van der Waals surface area (Å²) < 4.78 is 14.1. The average Bonchev–Trinajstić information content (AvgIpc) is 2.58. The summed E-state index contributed by atoms with van der Waals surface area (Å²) in [5, 5.41) is 0. The third-order valence-electron chi connectivity index (χ3n) is 5.13. The van der Waals surface area contributed by atoms with Crippen LogP contribution in [-0.2, 0) is 6.42 Å². The highest BCUT2D eigenvalue weighted by Gasteiger charge is 2.17. The molecule has 0 unspecified atom stereocenters. The molecule has 0 N–H and O–H groups in total. The normalized spacial score (nSPS) is 15.6. The van der Waals surface area contributed by atoms with Gasteiger partial charge in [0.15, 0.2) is 0 Å². The number of fused-ring (bicyclic) bond motifs is 1. The van der Waals surface area contributed by atoms with Gasteiger partial charge in [-0.05, 0) is 87.3 Å². The van der Waals surface area contributed by atoms with Crippen molar-refractivity contribution < 1.29 is 4.39 Å². The summed E-state index contributed by atoms with van der Waals surface area (Å²) in [6.45, 7) is 10.7. The molecule has 2 heteroatoms. The Labute approximate surface area is 152 Å². The van der Waals surface area contributed by atoms with E-state index >= 15 is 0 Å². The molecule has 1 aromatic rings. The molecule has 0 aliphatic heterocycles. The maximum Gasteiger partial charge on any atom is 0.127 e. The molecule has 2 rings (SSSR count). The van der Waals surface area contributed by atoms with Crippen LogP contribution in [0.3, 0.4) is 0 Å². The number of benzene rings is 1. The SMILES string of the molecule is CCCCC/C(C)=C(C)/N=C(\CC)C1=Cc2cc(C)cc(F)c2CC1. The molecular weight excluding hydrogens is 309 g/mol.